The fraction of sp³-hybridized carbons (Fsp3) is 0.925. The molecule has 15 N–H and O–H groups in total. The lowest BCUT2D eigenvalue weighted by atomic mass is 9.37. The van der Waals surface area contributed by atoms with Crippen LogP contribution in [0.2, 0.25) is 0 Å². The number of rotatable bonds is 15. The van der Waals surface area contributed by atoms with Crippen LogP contribution in [0.15, 0.2) is 23.3 Å². The lowest BCUT2D eigenvalue weighted by Gasteiger charge is -2.69. The highest BCUT2D eigenvalue weighted by Gasteiger charge is 2.73. The smallest absolute Gasteiger partial charge is 0.187 e. The van der Waals surface area contributed by atoms with Crippen LogP contribution in [0, 0.1) is 39.4 Å². The molecule has 4 aliphatic carbocycles. The third-order valence-corrected chi connectivity index (χ3v) is 19.9. The van der Waals surface area contributed by atoms with E-state index in [1.165, 1.54) is 0 Å². The predicted molar refractivity (Wildman–Crippen MR) is 262 cm³/mol. The zero-order chi connectivity index (χ0) is 55.9. The first-order chi connectivity index (χ1) is 35.5. The molecule has 0 unspecified atom stereocenters. The monoisotopic (exact) mass is 1090 g/mol. The first-order valence-electron chi connectivity index (χ1n) is 27.1. The molecular weight excluding hydrogens is 1000 g/mol. The number of aliphatic hydroxyl groups excluding tert-OH is 15. The van der Waals surface area contributed by atoms with Gasteiger partial charge in [-0.2, -0.15) is 0 Å². The minimum atomic E-state index is -1.85. The van der Waals surface area contributed by atoms with Crippen molar-refractivity contribution in [2.75, 3.05) is 26.4 Å². The molecule has 0 spiro atoms. The average Bonchev–Trinajstić information content (AvgIpc) is 3.85. The summed E-state index contributed by atoms with van der Waals surface area (Å²) in [5.74, 6) is -1.14. The Morgan fingerprint density at radius 3 is 1.87 bits per heavy atom. The van der Waals surface area contributed by atoms with Gasteiger partial charge in [0.05, 0.1) is 50.3 Å². The van der Waals surface area contributed by atoms with Gasteiger partial charge in [-0.3, -0.25) is 0 Å². The van der Waals surface area contributed by atoms with Crippen molar-refractivity contribution >= 4 is 0 Å². The maximum atomic E-state index is 12.8. The molecule has 3 saturated carbocycles. The first-order valence-corrected chi connectivity index (χ1v) is 27.1. The number of ether oxygens (including phenoxy) is 8. The topological polar surface area (TPSA) is 377 Å². The molecule has 0 amide bonds. The molecule has 4 heterocycles. The summed E-state index contributed by atoms with van der Waals surface area (Å²) in [6, 6.07) is 0. The fourth-order valence-electron chi connectivity index (χ4n) is 15.2. The van der Waals surface area contributed by atoms with Crippen molar-refractivity contribution in [1.82, 2.24) is 0 Å². The van der Waals surface area contributed by atoms with Gasteiger partial charge in [0, 0.05) is 10.8 Å². The number of fused-ring (bicyclic) bond motifs is 5. The third kappa shape index (κ3) is 10.3. The Hall–Kier alpha value is -1.44. The van der Waals surface area contributed by atoms with E-state index in [-0.39, 0.29) is 18.4 Å². The van der Waals surface area contributed by atoms with Gasteiger partial charge in [0.25, 0.3) is 0 Å². The maximum absolute atomic E-state index is 12.8. The zero-order valence-corrected chi connectivity index (χ0v) is 44.8. The molecule has 0 bridgehead atoms. The van der Waals surface area contributed by atoms with Crippen LogP contribution >= 0.6 is 0 Å². The summed E-state index contributed by atoms with van der Waals surface area (Å²) in [6.07, 6.45) is -25.6. The first kappa shape index (κ1) is 60.7. The molecule has 8 aliphatic rings. The lowest BCUT2D eigenvalue weighted by molar-refractivity contribution is -0.375. The number of aliphatic hydroxyl groups is 15. The van der Waals surface area contributed by atoms with Crippen molar-refractivity contribution in [3.63, 3.8) is 0 Å². The van der Waals surface area contributed by atoms with E-state index in [9.17, 15) is 76.6 Å². The minimum absolute atomic E-state index is 0.288. The summed E-state index contributed by atoms with van der Waals surface area (Å²) in [7, 11) is 0. The van der Waals surface area contributed by atoms with E-state index in [0.717, 1.165) is 11.1 Å². The highest BCUT2D eigenvalue weighted by atomic mass is 16.8. The van der Waals surface area contributed by atoms with Gasteiger partial charge in [-0.05, 0) is 94.3 Å². The van der Waals surface area contributed by atoms with Gasteiger partial charge in [0.15, 0.2) is 25.2 Å². The minimum Gasteiger partial charge on any atom is -0.394 e. The molecule has 4 saturated heterocycles. The Morgan fingerprint density at radius 1 is 0.658 bits per heavy atom. The van der Waals surface area contributed by atoms with E-state index in [2.05, 4.69) is 26.8 Å². The maximum Gasteiger partial charge on any atom is 0.187 e. The molecule has 23 nitrogen and oxygen atoms in total. The van der Waals surface area contributed by atoms with Gasteiger partial charge >= 0.3 is 0 Å². The molecule has 29 atom stereocenters. The quantitative estimate of drug-likeness (QED) is 0.0744. The Bertz CT molecular complexity index is 2040. The van der Waals surface area contributed by atoms with Gasteiger partial charge in [0.1, 0.15) is 91.6 Å². The van der Waals surface area contributed by atoms with Gasteiger partial charge in [-0.15, -0.1) is 0 Å². The molecule has 8 rings (SSSR count). The van der Waals surface area contributed by atoms with Crippen molar-refractivity contribution < 1.29 is 114 Å². The van der Waals surface area contributed by atoms with Crippen LogP contribution in [0.4, 0.5) is 0 Å². The number of allylic oxidation sites excluding steroid dienone is 2. The lowest BCUT2D eigenvalue weighted by Crippen LogP contribution is -2.68. The van der Waals surface area contributed by atoms with Crippen LogP contribution in [0.25, 0.3) is 0 Å². The summed E-state index contributed by atoms with van der Waals surface area (Å²) >= 11 is 0. The van der Waals surface area contributed by atoms with E-state index in [1.807, 2.05) is 40.7 Å². The Labute approximate surface area is 443 Å². The number of hydrogen-bond donors (Lipinski definition) is 15. The van der Waals surface area contributed by atoms with Crippen LogP contribution in [-0.2, 0) is 37.9 Å². The highest BCUT2D eigenvalue weighted by Crippen LogP contribution is 2.75. The van der Waals surface area contributed by atoms with E-state index >= 15 is 0 Å². The van der Waals surface area contributed by atoms with Crippen LogP contribution in [0.3, 0.4) is 0 Å². The second kappa shape index (κ2) is 22.7. The summed E-state index contributed by atoms with van der Waals surface area (Å²) < 4.78 is 48.5. The Balaban J connectivity index is 1.05. The second-order valence-corrected chi connectivity index (χ2v) is 24.9. The Morgan fingerprint density at radius 2 is 1.24 bits per heavy atom. The van der Waals surface area contributed by atoms with Crippen molar-refractivity contribution in [2.45, 2.75) is 241 Å². The van der Waals surface area contributed by atoms with Crippen molar-refractivity contribution in [2.24, 2.45) is 39.4 Å². The molecule has 0 aromatic carbocycles. The molecule has 76 heavy (non-hydrogen) atoms. The third-order valence-electron chi connectivity index (χ3n) is 19.9. The largest absolute Gasteiger partial charge is 0.394 e. The number of hydrogen-bond acceptors (Lipinski definition) is 23. The molecule has 0 aromatic heterocycles. The van der Waals surface area contributed by atoms with Crippen molar-refractivity contribution in [1.29, 1.82) is 0 Å². The predicted octanol–water partition coefficient (Wildman–Crippen LogP) is -2.67. The van der Waals surface area contributed by atoms with E-state index in [1.54, 1.807) is 0 Å². The van der Waals surface area contributed by atoms with Crippen LogP contribution in [0.5, 0.6) is 0 Å². The molecule has 0 radical (unpaired) electrons. The highest BCUT2D eigenvalue weighted by molar-refractivity contribution is 5.36. The SMILES string of the molecule is CC(C)=CCC[C@](C)(O[C@H]1O[C@H](CO[C@H]2OC[C@@H](O)[C@H](O)[C@H]2O)[C@@H](O)[C@H](O)[C@H]1O)[C@H]1CC[C@]2(C)[C@@H]1[C@H](O)C[C@H]1[C@@]2(C)[C@@H](O)C=C2C(C)(C)[C@@H](O[C@H]3O[C@H](CO)[C@@H](O)[C@H](O)[C@H]3O[C@H]3O[C@H](CO)[C@@H](O)[C@H](O)[C@H]3O)CC[C@@]21C. The van der Waals surface area contributed by atoms with Gasteiger partial charge < -0.3 is 114 Å². The van der Waals surface area contributed by atoms with Gasteiger partial charge in [-0.25, -0.2) is 0 Å². The van der Waals surface area contributed by atoms with E-state index < -0.39 is 188 Å². The summed E-state index contributed by atoms with van der Waals surface area (Å²) in [5.41, 5.74) is -2.28. The molecular formula is C53H88O23. The van der Waals surface area contributed by atoms with Crippen LogP contribution in [0.1, 0.15) is 100 Å². The van der Waals surface area contributed by atoms with Crippen LogP contribution < -0.4 is 0 Å². The van der Waals surface area contributed by atoms with E-state index in [4.69, 9.17) is 37.9 Å². The molecule has 4 aliphatic heterocycles. The van der Waals surface area contributed by atoms with Gasteiger partial charge in [0.2, 0.25) is 0 Å². The standard InChI is InChI=1S/C53H88O23/c1-22(2)10-9-13-52(7,76-47-43(68)39(64)37(62)28(73-47)21-70-45-41(66)34(59)25(57)20-69-45)23-11-15-51(6)33(23)24(56)16-30-50(5)14-12-32(49(3,4)29(50)17-31(58)53(30,51)8)74-48-44(40(65)36(61)27(19-55)72-48)75-46-42(67)38(63)35(60)26(18-54)71-46/h10,17,23-28,30-48,54-68H,9,11-16,18-21H2,1-8H3/t23-,24+,25+,26+,27+,28+,30+,31-,32-,33-,34-,35+,36+,37+,38-,39-,40-,41+,42+,43+,44+,45+,46+,47+,48+,50-,51+,52-,53-/m0/s1. The Kier molecular flexibility index (Phi) is 18.1. The van der Waals surface area contributed by atoms with Crippen molar-refractivity contribution in [3.8, 4) is 0 Å². The average molecular weight is 1090 g/mol. The summed E-state index contributed by atoms with van der Waals surface area (Å²) in [6.45, 7) is 13.9. The molecule has 0 aromatic rings. The summed E-state index contributed by atoms with van der Waals surface area (Å²) in [5, 5.41) is 164. The zero-order valence-electron chi connectivity index (χ0n) is 44.8. The fourth-order valence-corrected chi connectivity index (χ4v) is 15.2. The van der Waals surface area contributed by atoms with Crippen LogP contribution in [-0.4, -0.2) is 244 Å². The van der Waals surface area contributed by atoms with Crippen molar-refractivity contribution in [3.05, 3.63) is 23.3 Å². The van der Waals surface area contributed by atoms with E-state index in [0.29, 0.717) is 44.9 Å². The second-order valence-electron chi connectivity index (χ2n) is 24.9. The summed E-state index contributed by atoms with van der Waals surface area (Å²) in [4.78, 5) is 0. The van der Waals surface area contributed by atoms with Gasteiger partial charge in [-0.1, -0.05) is 57.9 Å². The normalized spacial score (nSPS) is 52.1. The molecule has 23 heteroatoms. The molecule has 438 valence electrons. The molecule has 7 fully saturated rings.